The van der Waals surface area contributed by atoms with E-state index >= 15 is 0 Å². The van der Waals surface area contributed by atoms with E-state index in [0.29, 0.717) is 0 Å². The number of fused-ring (bicyclic) bond motifs is 3. The smallest absolute Gasteiger partial charge is 0.223 e. The van der Waals surface area contributed by atoms with Crippen molar-refractivity contribution in [3.63, 3.8) is 0 Å². The Balaban J connectivity index is 1.97. The Morgan fingerprint density at radius 1 is 0.844 bits per heavy atom. The molecule has 0 spiro atoms. The van der Waals surface area contributed by atoms with Crippen LogP contribution < -0.4 is 4.57 Å². The first kappa shape index (κ1) is 20.4. The lowest BCUT2D eigenvalue weighted by atomic mass is 9.62. The van der Waals surface area contributed by atoms with Crippen molar-refractivity contribution in [2.24, 2.45) is 0 Å². The van der Waals surface area contributed by atoms with Gasteiger partial charge in [0.25, 0.3) is 6.33 Å². The van der Waals surface area contributed by atoms with Crippen LogP contribution in [-0.4, -0.2) is 4.98 Å². The third kappa shape index (κ3) is 2.72. The molecule has 2 heteroatoms. The molecule has 1 aromatic heterocycles. The maximum atomic E-state index is 5.08. The molecule has 2 atom stereocenters. The summed E-state index contributed by atoms with van der Waals surface area (Å²) >= 11 is 0. The van der Waals surface area contributed by atoms with Gasteiger partial charge in [0, 0.05) is 11.1 Å². The molecule has 2 nitrogen and oxygen atoms in total. The second-order valence-electron chi connectivity index (χ2n) is 9.00. The number of hydrogen-bond donors (Lipinski definition) is 0. The normalized spacial score (nSPS) is 21.5. The highest BCUT2D eigenvalue weighted by atomic mass is 15.1. The minimum Gasteiger partial charge on any atom is -0.223 e. The first-order valence-corrected chi connectivity index (χ1v) is 11.3. The fourth-order valence-corrected chi connectivity index (χ4v) is 5.35. The molecule has 1 aliphatic rings. The van der Waals surface area contributed by atoms with Crippen molar-refractivity contribution in [2.45, 2.75) is 38.1 Å². The quantitative estimate of drug-likeness (QED) is 0.259. The van der Waals surface area contributed by atoms with Gasteiger partial charge in [-0.15, -0.1) is 6.58 Å². The predicted octanol–water partition coefficient (Wildman–Crippen LogP) is 6.95. The van der Waals surface area contributed by atoms with E-state index < -0.39 is 0 Å². The van der Waals surface area contributed by atoms with Crippen molar-refractivity contribution in [3.05, 3.63) is 109 Å². The average molecular weight is 418 g/mol. The molecule has 0 bridgehead atoms. The van der Waals surface area contributed by atoms with Crippen LogP contribution in [0.25, 0.3) is 33.6 Å². The summed E-state index contributed by atoms with van der Waals surface area (Å²) in [6, 6.07) is 30.0. The summed E-state index contributed by atoms with van der Waals surface area (Å²) in [6.45, 7) is 11.2. The topological polar surface area (TPSA) is 16.8 Å². The fourth-order valence-electron chi connectivity index (χ4n) is 5.35. The molecule has 5 rings (SSSR count). The van der Waals surface area contributed by atoms with Gasteiger partial charge in [0.2, 0.25) is 0 Å². The maximum absolute atomic E-state index is 5.08. The number of allylic oxidation sites excluding steroid dienone is 1. The Kier molecular flexibility index (Phi) is 4.82. The number of rotatable bonds is 4. The zero-order chi connectivity index (χ0) is 22.3. The number of nitrogens with zero attached hydrogens (tertiary/aromatic N) is 2. The van der Waals surface area contributed by atoms with Crippen molar-refractivity contribution in [2.75, 3.05) is 0 Å². The van der Waals surface area contributed by atoms with Gasteiger partial charge in [0.1, 0.15) is 11.2 Å². The first-order valence-electron chi connectivity index (χ1n) is 11.3. The van der Waals surface area contributed by atoms with Crippen LogP contribution in [0.15, 0.2) is 104 Å². The Hall–Kier alpha value is -3.52. The van der Waals surface area contributed by atoms with Gasteiger partial charge in [-0.25, -0.2) is 4.57 Å². The molecule has 32 heavy (non-hydrogen) atoms. The summed E-state index contributed by atoms with van der Waals surface area (Å²) in [6.07, 6.45) is 5.13. The van der Waals surface area contributed by atoms with E-state index in [9.17, 15) is 0 Å². The van der Waals surface area contributed by atoms with Crippen molar-refractivity contribution in [1.82, 2.24) is 4.98 Å². The van der Waals surface area contributed by atoms with Gasteiger partial charge in [0.15, 0.2) is 5.69 Å². The van der Waals surface area contributed by atoms with E-state index in [1.54, 1.807) is 0 Å². The molecular formula is C30H29N2+. The van der Waals surface area contributed by atoms with Crippen LogP contribution in [0.2, 0.25) is 0 Å². The zero-order valence-corrected chi connectivity index (χ0v) is 19.0. The lowest BCUT2D eigenvalue weighted by Gasteiger charge is -2.47. The van der Waals surface area contributed by atoms with Crippen LogP contribution in [0, 0.1) is 0 Å². The van der Waals surface area contributed by atoms with E-state index in [1.807, 2.05) is 6.33 Å². The van der Waals surface area contributed by atoms with E-state index in [1.165, 1.54) is 27.9 Å². The molecule has 3 aromatic carbocycles. The number of hydrogen-bond acceptors (Lipinski definition) is 1. The molecule has 0 saturated heterocycles. The zero-order valence-electron chi connectivity index (χ0n) is 19.0. The number of aromatic nitrogens is 2. The second-order valence-corrected chi connectivity index (χ2v) is 9.00. The lowest BCUT2D eigenvalue weighted by molar-refractivity contribution is -0.764. The average Bonchev–Trinajstić information content (AvgIpc) is 2.87. The fraction of sp³-hybridized carbons (Fsp3) is 0.200. The molecule has 0 radical (unpaired) electrons. The Labute approximate surface area is 190 Å². The molecule has 0 saturated carbocycles. The molecule has 0 aliphatic carbocycles. The summed E-state index contributed by atoms with van der Waals surface area (Å²) in [5.41, 5.74) is 7.87. The third-order valence-corrected chi connectivity index (χ3v) is 7.62. The summed E-state index contributed by atoms with van der Waals surface area (Å²) in [7, 11) is 0. The molecule has 0 N–H and O–H groups in total. The highest BCUT2D eigenvalue weighted by Crippen LogP contribution is 2.51. The molecule has 1 aliphatic heterocycles. The molecule has 0 fully saturated rings. The summed E-state index contributed by atoms with van der Waals surface area (Å²) in [4.78, 5) is 5.08. The maximum Gasteiger partial charge on any atom is 0.287 e. The summed E-state index contributed by atoms with van der Waals surface area (Å²) < 4.78 is 2.41. The molecule has 0 amide bonds. The largest absolute Gasteiger partial charge is 0.287 e. The van der Waals surface area contributed by atoms with Crippen molar-refractivity contribution in [1.29, 1.82) is 0 Å². The standard InChI is InChI=1S/C30H29N2/c1-5-29(3)25-20-14-13-19-24(25)28-26(22-15-9-7-10-16-22)27(23-17-11-8-12-18-23)31-21-32(28)30(29,4)6-2/h5,7-21H,1,6H2,2-4H3/q+1. The molecular weight excluding hydrogens is 388 g/mol. The summed E-state index contributed by atoms with van der Waals surface area (Å²) in [5.74, 6) is 0. The van der Waals surface area contributed by atoms with Crippen molar-refractivity contribution in [3.8, 4) is 33.6 Å². The van der Waals surface area contributed by atoms with Crippen LogP contribution in [0.1, 0.15) is 32.8 Å². The van der Waals surface area contributed by atoms with Crippen LogP contribution in [0.3, 0.4) is 0 Å². The van der Waals surface area contributed by atoms with Crippen molar-refractivity contribution >= 4 is 0 Å². The minimum absolute atomic E-state index is 0.204. The van der Waals surface area contributed by atoms with Crippen LogP contribution in [-0.2, 0) is 11.0 Å². The van der Waals surface area contributed by atoms with E-state index in [0.717, 1.165) is 17.7 Å². The lowest BCUT2D eigenvalue weighted by Crippen LogP contribution is -2.67. The van der Waals surface area contributed by atoms with Crippen molar-refractivity contribution < 1.29 is 4.57 Å². The SMILES string of the molecule is C=CC1(C)c2ccccc2-c2c(-c3ccccc3)c(-c3ccccc3)nc[n+]2C1(C)CC. The Morgan fingerprint density at radius 3 is 2.06 bits per heavy atom. The van der Waals surface area contributed by atoms with E-state index in [-0.39, 0.29) is 11.0 Å². The van der Waals surface area contributed by atoms with Crippen LogP contribution in [0.5, 0.6) is 0 Å². The Bertz CT molecular complexity index is 1290. The highest BCUT2D eigenvalue weighted by Gasteiger charge is 2.53. The highest BCUT2D eigenvalue weighted by molar-refractivity contribution is 5.91. The van der Waals surface area contributed by atoms with Gasteiger partial charge in [-0.2, -0.15) is 0 Å². The first-order chi connectivity index (χ1) is 15.5. The van der Waals surface area contributed by atoms with E-state index in [4.69, 9.17) is 4.98 Å². The second kappa shape index (κ2) is 7.56. The van der Waals surface area contributed by atoms with Gasteiger partial charge < -0.3 is 0 Å². The van der Waals surface area contributed by atoms with Gasteiger partial charge in [-0.05, 0) is 36.4 Å². The molecule has 2 heterocycles. The molecule has 2 unspecified atom stereocenters. The predicted molar refractivity (Wildman–Crippen MR) is 132 cm³/mol. The Morgan fingerprint density at radius 2 is 1.44 bits per heavy atom. The van der Waals surface area contributed by atoms with Gasteiger partial charge in [0.05, 0.1) is 11.0 Å². The summed E-state index contributed by atoms with van der Waals surface area (Å²) in [5, 5.41) is 0. The van der Waals surface area contributed by atoms with E-state index in [2.05, 4.69) is 123 Å². The molecule has 4 aromatic rings. The molecule has 158 valence electrons. The monoisotopic (exact) mass is 417 g/mol. The van der Waals surface area contributed by atoms with Gasteiger partial charge in [-0.3, -0.25) is 0 Å². The van der Waals surface area contributed by atoms with Crippen LogP contribution in [0.4, 0.5) is 0 Å². The minimum atomic E-state index is -0.222. The van der Waals surface area contributed by atoms with Gasteiger partial charge in [-0.1, -0.05) is 97.9 Å². The number of benzene rings is 3. The van der Waals surface area contributed by atoms with Gasteiger partial charge >= 0.3 is 0 Å². The van der Waals surface area contributed by atoms with Crippen LogP contribution >= 0.6 is 0 Å². The third-order valence-electron chi connectivity index (χ3n) is 7.62.